The molecule has 2 saturated heterocycles. The quantitative estimate of drug-likeness (QED) is 0.129. The average Bonchev–Trinajstić information content (AvgIpc) is 3.46. The van der Waals surface area contributed by atoms with Gasteiger partial charge in [0.1, 0.15) is 30.1 Å². The van der Waals surface area contributed by atoms with E-state index in [4.69, 9.17) is 34.1 Å². The van der Waals surface area contributed by atoms with E-state index in [1.165, 1.54) is 0 Å². The van der Waals surface area contributed by atoms with E-state index in [-0.39, 0.29) is 6.04 Å². The Hall–Kier alpha value is -4.27. The first kappa shape index (κ1) is 36.5. The molecule has 13 nitrogen and oxygen atoms in total. The molecule has 2 N–H and O–H groups in total. The Morgan fingerprint density at radius 1 is 1.04 bits per heavy atom. The standard InChI is InChI=1S/C37H53N9O4Si/c1-26-31(22-38-35(41-26)45-14-8-9-29(23-45)43-36(47)50-37(2,3)4)42-28-12-10-27(11-13-28)32-21-30-33(44-15-17-48-18-16-44)39-24-40-34(30)46(32)25-49-19-20-51(5,6)7/h10-13,21-22,24,29,42H,8-9,14-20,23,25H2,1-7H3,(H,43,47)/t29-/m1/s1. The summed E-state index contributed by atoms with van der Waals surface area (Å²) in [7, 11) is -1.23. The van der Waals surface area contributed by atoms with Crippen molar-refractivity contribution >= 4 is 48.3 Å². The van der Waals surface area contributed by atoms with E-state index in [9.17, 15) is 4.79 Å². The van der Waals surface area contributed by atoms with Crippen molar-refractivity contribution in [3.8, 4) is 11.3 Å². The normalized spacial score (nSPS) is 17.1. The van der Waals surface area contributed by atoms with Gasteiger partial charge in [0.05, 0.1) is 41.9 Å². The summed E-state index contributed by atoms with van der Waals surface area (Å²) >= 11 is 0. The van der Waals surface area contributed by atoms with Crippen LogP contribution in [0.25, 0.3) is 22.3 Å². The van der Waals surface area contributed by atoms with Gasteiger partial charge in [0.2, 0.25) is 5.95 Å². The molecular formula is C37H53N9O4Si. The number of ether oxygens (including phenoxy) is 3. The predicted molar refractivity (Wildman–Crippen MR) is 205 cm³/mol. The molecule has 5 heterocycles. The number of aryl methyl sites for hydroxylation is 1. The molecule has 51 heavy (non-hydrogen) atoms. The number of morpholine rings is 1. The predicted octanol–water partition coefficient (Wildman–Crippen LogP) is 6.58. The molecule has 1 atom stereocenters. The van der Waals surface area contributed by atoms with Gasteiger partial charge in [-0.2, -0.15) is 0 Å². The molecule has 3 aromatic heterocycles. The Morgan fingerprint density at radius 3 is 2.51 bits per heavy atom. The van der Waals surface area contributed by atoms with Gasteiger partial charge in [-0.05, 0) is 70.3 Å². The SMILES string of the molecule is Cc1nc(N2CCC[C@@H](NC(=O)OC(C)(C)C)C2)ncc1Nc1ccc(-c2cc3c(N4CCOCC4)ncnc3n2COCC[Si](C)(C)C)cc1. The minimum atomic E-state index is -1.23. The Bertz CT molecular complexity index is 1800. The van der Waals surface area contributed by atoms with E-state index in [2.05, 4.69) is 75.0 Å². The molecule has 2 aliphatic rings. The first-order chi connectivity index (χ1) is 24.3. The zero-order valence-electron chi connectivity index (χ0n) is 31.2. The van der Waals surface area contributed by atoms with Crippen molar-refractivity contribution in [1.82, 2.24) is 29.8 Å². The summed E-state index contributed by atoms with van der Waals surface area (Å²) in [5.74, 6) is 1.59. The molecule has 0 aliphatic carbocycles. The number of piperidine rings is 1. The molecule has 0 saturated carbocycles. The first-order valence-electron chi connectivity index (χ1n) is 18.0. The van der Waals surface area contributed by atoms with Crippen LogP contribution in [0.1, 0.15) is 39.3 Å². The topological polar surface area (TPSA) is 132 Å². The second-order valence-corrected chi connectivity index (χ2v) is 21.3. The van der Waals surface area contributed by atoms with Gasteiger partial charge in [-0.15, -0.1) is 0 Å². The van der Waals surface area contributed by atoms with E-state index in [0.717, 1.165) is 90.3 Å². The lowest BCUT2D eigenvalue weighted by Gasteiger charge is -2.33. The minimum Gasteiger partial charge on any atom is -0.444 e. The monoisotopic (exact) mass is 715 g/mol. The van der Waals surface area contributed by atoms with Crippen LogP contribution in [0.5, 0.6) is 0 Å². The lowest BCUT2D eigenvalue weighted by atomic mass is 10.1. The second-order valence-electron chi connectivity index (χ2n) is 15.6. The summed E-state index contributed by atoms with van der Waals surface area (Å²) in [5, 5.41) is 7.52. The summed E-state index contributed by atoms with van der Waals surface area (Å²) < 4.78 is 19.5. The Labute approximate surface area is 302 Å². The number of hydrogen-bond donors (Lipinski definition) is 2. The number of nitrogens with one attached hydrogen (secondary N) is 2. The third-order valence-corrected chi connectivity index (χ3v) is 10.8. The number of benzene rings is 1. The Morgan fingerprint density at radius 2 is 1.80 bits per heavy atom. The van der Waals surface area contributed by atoms with Crippen molar-refractivity contribution < 1.29 is 19.0 Å². The zero-order valence-corrected chi connectivity index (χ0v) is 32.2. The van der Waals surface area contributed by atoms with Gasteiger partial charge < -0.3 is 39.2 Å². The Balaban J connectivity index is 1.17. The van der Waals surface area contributed by atoms with Crippen LogP contribution < -0.4 is 20.4 Å². The molecule has 1 amide bonds. The largest absolute Gasteiger partial charge is 0.444 e. The highest BCUT2D eigenvalue weighted by Gasteiger charge is 2.26. The number of nitrogens with zero attached hydrogens (tertiary/aromatic N) is 7. The average molecular weight is 716 g/mol. The summed E-state index contributed by atoms with van der Waals surface area (Å²) in [4.78, 5) is 35.7. The molecule has 2 aliphatic heterocycles. The zero-order chi connectivity index (χ0) is 36.2. The molecule has 4 aromatic rings. The molecule has 0 radical (unpaired) electrons. The van der Waals surface area contributed by atoms with Gasteiger partial charge in [-0.3, -0.25) is 0 Å². The van der Waals surface area contributed by atoms with Crippen molar-refractivity contribution in [3.63, 3.8) is 0 Å². The lowest BCUT2D eigenvalue weighted by molar-refractivity contribution is 0.0499. The van der Waals surface area contributed by atoms with Gasteiger partial charge in [-0.25, -0.2) is 24.7 Å². The van der Waals surface area contributed by atoms with Crippen LogP contribution in [0.2, 0.25) is 25.7 Å². The second kappa shape index (κ2) is 15.5. The van der Waals surface area contributed by atoms with E-state index < -0.39 is 19.8 Å². The fourth-order valence-electron chi connectivity index (χ4n) is 6.34. The van der Waals surface area contributed by atoms with Gasteiger partial charge in [0.25, 0.3) is 0 Å². The first-order valence-corrected chi connectivity index (χ1v) is 21.7. The van der Waals surface area contributed by atoms with Gasteiger partial charge in [0, 0.05) is 52.6 Å². The molecule has 6 rings (SSSR count). The smallest absolute Gasteiger partial charge is 0.407 e. The van der Waals surface area contributed by atoms with Crippen molar-refractivity contribution in [2.45, 2.75) is 84.6 Å². The fourth-order valence-corrected chi connectivity index (χ4v) is 7.10. The van der Waals surface area contributed by atoms with Crippen LogP contribution in [-0.4, -0.2) is 96.3 Å². The van der Waals surface area contributed by atoms with E-state index in [1.807, 2.05) is 33.9 Å². The molecule has 0 spiro atoms. The van der Waals surface area contributed by atoms with Crippen LogP contribution in [0.4, 0.5) is 27.9 Å². The highest BCUT2D eigenvalue weighted by atomic mass is 28.3. The van der Waals surface area contributed by atoms with E-state index in [0.29, 0.717) is 32.4 Å². The third kappa shape index (κ3) is 9.54. The summed E-state index contributed by atoms with van der Waals surface area (Å²) in [6.45, 7) is 20.3. The van der Waals surface area contributed by atoms with Crippen molar-refractivity contribution in [3.05, 3.63) is 48.5 Å². The van der Waals surface area contributed by atoms with E-state index >= 15 is 0 Å². The number of rotatable bonds is 11. The van der Waals surface area contributed by atoms with Crippen molar-refractivity contribution in [1.29, 1.82) is 0 Å². The number of anilines is 4. The molecule has 274 valence electrons. The van der Waals surface area contributed by atoms with Crippen LogP contribution in [0.3, 0.4) is 0 Å². The van der Waals surface area contributed by atoms with Crippen LogP contribution >= 0.6 is 0 Å². The van der Waals surface area contributed by atoms with E-state index in [1.54, 1.807) is 6.33 Å². The molecular weight excluding hydrogens is 663 g/mol. The minimum absolute atomic E-state index is 0.0257. The number of alkyl carbamates (subject to hydrolysis) is 1. The summed E-state index contributed by atoms with van der Waals surface area (Å²) in [6.07, 6.45) is 4.91. The Kier molecular flexibility index (Phi) is 11.1. The van der Waals surface area contributed by atoms with Crippen LogP contribution in [-0.2, 0) is 20.9 Å². The number of fused-ring (bicyclic) bond motifs is 1. The number of carbonyl (C=O) groups is 1. The fraction of sp³-hybridized carbons (Fsp3) is 0.541. The molecule has 0 bridgehead atoms. The molecule has 1 aromatic carbocycles. The number of aromatic nitrogens is 5. The summed E-state index contributed by atoms with van der Waals surface area (Å²) in [6, 6.07) is 11.6. The lowest BCUT2D eigenvalue weighted by Crippen LogP contribution is -2.49. The van der Waals surface area contributed by atoms with Crippen molar-refractivity contribution in [2.24, 2.45) is 0 Å². The highest BCUT2D eigenvalue weighted by Crippen LogP contribution is 2.33. The molecule has 2 fully saturated rings. The maximum atomic E-state index is 12.4. The molecule has 14 heteroatoms. The number of carbonyl (C=O) groups excluding carboxylic acids is 1. The van der Waals surface area contributed by atoms with Crippen molar-refractivity contribution in [2.75, 3.05) is 61.1 Å². The number of amides is 1. The van der Waals surface area contributed by atoms with Gasteiger partial charge >= 0.3 is 6.09 Å². The highest BCUT2D eigenvalue weighted by molar-refractivity contribution is 6.76. The number of hydrogen-bond acceptors (Lipinski definition) is 11. The molecule has 0 unspecified atom stereocenters. The maximum Gasteiger partial charge on any atom is 0.407 e. The third-order valence-electron chi connectivity index (χ3n) is 9.05. The van der Waals surface area contributed by atoms with Gasteiger partial charge in [-0.1, -0.05) is 31.8 Å². The van der Waals surface area contributed by atoms with Crippen LogP contribution in [0.15, 0.2) is 42.9 Å². The van der Waals surface area contributed by atoms with Crippen LogP contribution in [0, 0.1) is 6.92 Å². The summed E-state index contributed by atoms with van der Waals surface area (Å²) in [5.41, 5.74) is 5.03. The van der Waals surface area contributed by atoms with Gasteiger partial charge in [0.15, 0.2) is 0 Å². The maximum absolute atomic E-state index is 12.4.